The Morgan fingerprint density at radius 3 is 2.47 bits per heavy atom. The highest BCUT2D eigenvalue weighted by atomic mass is 16.6. The molecule has 5 rings (SSSR count). The van der Waals surface area contributed by atoms with E-state index >= 15 is 0 Å². The van der Waals surface area contributed by atoms with Crippen LogP contribution in [0.25, 0.3) is 0 Å². The number of likely N-dealkylation sites (tertiary alicyclic amines) is 1. The fourth-order valence-corrected chi connectivity index (χ4v) is 7.79. The van der Waals surface area contributed by atoms with E-state index in [0.29, 0.717) is 24.8 Å². The van der Waals surface area contributed by atoms with Crippen LogP contribution in [0.1, 0.15) is 55.4 Å². The van der Waals surface area contributed by atoms with Crippen LogP contribution in [0.3, 0.4) is 0 Å². The van der Waals surface area contributed by atoms with Gasteiger partial charge in [-0.15, -0.1) is 13.2 Å². The molecule has 10 nitrogen and oxygen atoms in total. The zero-order chi connectivity index (χ0) is 33.9. The summed E-state index contributed by atoms with van der Waals surface area (Å²) in [4.78, 5) is 58.7. The molecule has 2 N–H and O–H groups in total. The van der Waals surface area contributed by atoms with E-state index in [-0.39, 0.29) is 37.9 Å². The maximum Gasteiger partial charge on any atom is 0.313 e. The highest BCUT2D eigenvalue weighted by Gasteiger charge is 2.75. The number of aliphatic hydroxyl groups is 1. The Labute approximate surface area is 276 Å². The molecule has 0 saturated carbocycles. The molecular formula is C37H45N3O7. The van der Waals surface area contributed by atoms with Gasteiger partial charge in [0.05, 0.1) is 30.6 Å². The molecule has 47 heavy (non-hydrogen) atoms. The number of hydrogen-bond donors (Lipinski definition) is 2. The summed E-state index contributed by atoms with van der Waals surface area (Å²) in [5.74, 6) is -3.50. The molecule has 250 valence electrons. The molecule has 2 aromatic rings. The van der Waals surface area contributed by atoms with Crippen LogP contribution in [0, 0.1) is 25.7 Å². The topological polar surface area (TPSA) is 125 Å². The van der Waals surface area contributed by atoms with Crippen LogP contribution in [0.5, 0.6) is 0 Å². The number of benzene rings is 2. The molecule has 2 bridgehead atoms. The van der Waals surface area contributed by atoms with Crippen molar-refractivity contribution in [1.29, 1.82) is 0 Å². The summed E-state index contributed by atoms with van der Waals surface area (Å²) in [6.07, 6.45) is 3.49. The highest BCUT2D eigenvalue weighted by molar-refractivity contribution is 6.05. The Bertz CT molecular complexity index is 1510. The number of aryl methyl sites for hydroxylation is 2. The smallest absolute Gasteiger partial charge is 0.313 e. The number of aliphatic hydroxyl groups excluding tert-OH is 1. The molecule has 3 saturated heterocycles. The number of esters is 1. The summed E-state index contributed by atoms with van der Waals surface area (Å²) >= 11 is 0. The summed E-state index contributed by atoms with van der Waals surface area (Å²) in [5, 5.41) is 13.0. The number of anilines is 1. The van der Waals surface area contributed by atoms with Crippen molar-refractivity contribution < 1.29 is 33.8 Å². The lowest BCUT2D eigenvalue weighted by Crippen LogP contribution is -2.57. The number of amides is 3. The Kier molecular flexibility index (Phi) is 10.3. The lowest BCUT2D eigenvalue weighted by Gasteiger charge is -2.37. The van der Waals surface area contributed by atoms with Gasteiger partial charge in [-0.05, 0) is 56.7 Å². The van der Waals surface area contributed by atoms with Gasteiger partial charge >= 0.3 is 5.97 Å². The van der Waals surface area contributed by atoms with Crippen molar-refractivity contribution in [3.63, 3.8) is 0 Å². The van der Waals surface area contributed by atoms with Gasteiger partial charge in [0.25, 0.3) is 5.91 Å². The maximum atomic E-state index is 14.7. The van der Waals surface area contributed by atoms with Gasteiger partial charge in [0.1, 0.15) is 17.7 Å². The number of hydrogen-bond acceptors (Lipinski definition) is 7. The number of carbonyl (C=O) groups is 4. The second-order valence-corrected chi connectivity index (χ2v) is 12.7. The van der Waals surface area contributed by atoms with Gasteiger partial charge in [0.15, 0.2) is 0 Å². The molecule has 0 radical (unpaired) electrons. The lowest BCUT2D eigenvalue weighted by molar-refractivity contribution is -0.162. The molecular weight excluding hydrogens is 598 g/mol. The lowest BCUT2D eigenvalue weighted by atomic mass is 9.70. The Hall–Kier alpha value is -4.28. The number of rotatable bonds is 14. The van der Waals surface area contributed by atoms with Crippen molar-refractivity contribution in [1.82, 2.24) is 10.2 Å². The Morgan fingerprint density at radius 2 is 1.83 bits per heavy atom. The molecule has 0 unspecified atom stereocenters. The average Bonchev–Trinajstić information content (AvgIpc) is 3.69. The Morgan fingerprint density at radius 1 is 1.13 bits per heavy atom. The summed E-state index contributed by atoms with van der Waals surface area (Å²) in [6.45, 7) is 12.9. The summed E-state index contributed by atoms with van der Waals surface area (Å²) < 4.78 is 12.8. The number of allylic oxidation sites excluding steroid dienone is 1. The molecule has 3 fully saturated rings. The van der Waals surface area contributed by atoms with Gasteiger partial charge in [0, 0.05) is 25.2 Å². The standard InChI is InChI=1S/C37H45N3O7/c1-6-8-17-28(42)38-25(5)32(26-15-10-9-11-16-26)46-36(45)29-27-18-19-37(47-27)30(29)34(43)40(21-22-41)33(37)35(44)39(20-7-2)31-23(3)13-12-14-24(31)4/h6-7,9-16,25,27,29-30,32-33,41H,1-2,8,17-22H2,3-5H3,(H,38,42)/t25-,27+,29-,30-,32-,33+,37-/m1/s1. The first-order valence-corrected chi connectivity index (χ1v) is 16.3. The van der Waals surface area contributed by atoms with Crippen LogP contribution >= 0.6 is 0 Å². The van der Waals surface area contributed by atoms with Crippen molar-refractivity contribution in [2.75, 3.05) is 24.6 Å². The van der Waals surface area contributed by atoms with Crippen LogP contribution in [0.15, 0.2) is 73.8 Å². The van der Waals surface area contributed by atoms with E-state index < -0.39 is 53.6 Å². The van der Waals surface area contributed by atoms with Gasteiger partial charge in [-0.1, -0.05) is 60.7 Å². The molecule has 0 aromatic heterocycles. The van der Waals surface area contributed by atoms with Crippen LogP contribution in [0.2, 0.25) is 0 Å². The summed E-state index contributed by atoms with van der Waals surface area (Å²) in [6, 6.07) is 13.3. The number of ether oxygens (including phenoxy) is 2. The minimum absolute atomic E-state index is 0.0849. The summed E-state index contributed by atoms with van der Waals surface area (Å²) in [5.41, 5.74) is 1.94. The van der Waals surface area contributed by atoms with E-state index in [9.17, 15) is 24.3 Å². The van der Waals surface area contributed by atoms with Gasteiger partial charge < -0.3 is 29.7 Å². The second kappa shape index (κ2) is 14.2. The molecule has 10 heteroatoms. The van der Waals surface area contributed by atoms with Gasteiger partial charge in [-0.3, -0.25) is 19.2 Å². The zero-order valence-corrected chi connectivity index (χ0v) is 27.4. The third-order valence-electron chi connectivity index (χ3n) is 9.72. The molecule has 3 aliphatic heterocycles. The SMILES string of the molecule is C=CCCC(=O)N[C@H](C)[C@@H](OC(=O)[C@@H]1[C@@H]2CC[C@]3(O2)[C@H](C(=O)N(CC=C)c2c(C)cccc2C)N(CCO)C(=O)[C@@H]13)c1ccccc1. The first-order valence-electron chi connectivity index (χ1n) is 16.3. The van der Waals surface area contributed by atoms with Crippen molar-refractivity contribution in [3.05, 3.63) is 90.5 Å². The highest BCUT2D eigenvalue weighted by Crippen LogP contribution is 2.59. The number of nitrogens with zero attached hydrogens (tertiary/aromatic N) is 2. The van der Waals surface area contributed by atoms with Crippen molar-refractivity contribution >= 4 is 29.4 Å². The van der Waals surface area contributed by atoms with Crippen LogP contribution < -0.4 is 10.2 Å². The van der Waals surface area contributed by atoms with E-state index in [4.69, 9.17) is 9.47 Å². The molecule has 1 spiro atoms. The van der Waals surface area contributed by atoms with Crippen LogP contribution in [-0.4, -0.2) is 77.2 Å². The fraction of sp³-hybridized carbons (Fsp3) is 0.459. The molecule has 3 aliphatic rings. The number of para-hydroxylation sites is 1. The van der Waals surface area contributed by atoms with E-state index in [1.807, 2.05) is 62.4 Å². The molecule has 3 heterocycles. The van der Waals surface area contributed by atoms with Crippen LogP contribution in [-0.2, 0) is 28.7 Å². The van der Waals surface area contributed by atoms with Gasteiger partial charge in [-0.2, -0.15) is 0 Å². The number of β-amino-alcohol motifs (C(OH)–C–C–N with tert-alkyl or cyclic N) is 1. The Balaban J connectivity index is 1.47. The number of fused-ring (bicyclic) bond motifs is 1. The molecule has 7 atom stereocenters. The van der Waals surface area contributed by atoms with E-state index in [1.165, 1.54) is 4.90 Å². The minimum Gasteiger partial charge on any atom is -0.455 e. The normalized spacial score (nSPS) is 25.5. The van der Waals surface area contributed by atoms with Gasteiger partial charge in [-0.25, -0.2) is 0 Å². The third kappa shape index (κ3) is 6.24. The number of nitrogens with one attached hydrogen (secondary N) is 1. The predicted octanol–water partition coefficient (Wildman–Crippen LogP) is 3.94. The summed E-state index contributed by atoms with van der Waals surface area (Å²) in [7, 11) is 0. The largest absolute Gasteiger partial charge is 0.455 e. The van der Waals surface area contributed by atoms with E-state index in [0.717, 1.165) is 16.8 Å². The minimum atomic E-state index is -1.26. The third-order valence-corrected chi connectivity index (χ3v) is 9.72. The fourth-order valence-electron chi connectivity index (χ4n) is 7.79. The van der Waals surface area contributed by atoms with Crippen molar-refractivity contribution in [2.45, 2.75) is 76.3 Å². The zero-order valence-electron chi connectivity index (χ0n) is 27.4. The van der Waals surface area contributed by atoms with Crippen molar-refractivity contribution in [3.8, 4) is 0 Å². The first-order chi connectivity index (χ1) is 22.6. The first kappa shape index (κ1) is 34.1. The van der Waals surface area contributed by atoms with Crippen molar-refractivity contribution in [2.24, 2.45) is 11.8 Å². The quantitative estimate of drug-likeness (QED) is 0.236. The number of carbonyl (C=O) groups excluding carboxylic acids is 4. The maximum absolute atomic E-state index is 14.7. The predicted molar refractivity (Wildman–Crippen MR) is 177 cm³/mol. The van der Waals surface area contributed by atoms with E-state index in [1.54, 1.807) is 24.0 Å². The van der Waals surface area contributed by atoms with Crippen LogP contribution in [0.4, 0.5) is 5.69 Å². The molecule has 2 aromatic carbocycles. The molecule has 0 aliphatic carbocycles. The monoisotopic (exact) mass is 643 g/mol. The molecule has 3 amide bonds. The second-order valence-electron chi connectivity index (χ2n) is 12.7. The van der Waals surface area contributed by atoms with Gasteiger partial charge in [0.2, 0.25) is 11.8 Å². The average molecular weight is 644 g/mol. The van der Waals surface area contributed by atoms with E-state index in [2.05, 4.69) is 18.5 Å².